The molecule has 136 valence electrons. The molecule has 0 bridgehead atoms. The van der Waals surface area contributed by atoms with Crippen molar-refractivity contribution in [2.45, 2.75) is 17.1 Å². The third-order valence-electron chi connectivity index (χ3n) is 3.81. The van der Waals surface area contributed by atoms with Crippen LogP contribution in [0.5, 0.6) is 5.75 Å². The smallest absolute Gasteiger partial charge is 0.405 e. The molecule has 6 nitrogen and oxygen atoms in total. The van der Waals surface area contributed by atoms with Gasteiger partial charge in [0.25, 0.3) is 0 Å². The highest BCUT2D eigenvalue weighted by Gasteiger charge is 2.44. The van der Waals surface area contributed by atoms with E-state index >= 15 is 0 Å². The lowest BCUT2D eigenvalue weighted by molar-refractivity contribution is -0.182. The number of nitrogens with zero attached hydrogens (tertiary/aromatic N) is 1. The van der Waals surface area contributed by atoms with E-state index < -0.39 is 28.8 Å². The molecule has 1 heterocycles. The van der Waals surface area contributed by atoms with E-state index in [-0.39, 0.29) is 18.0 Å². The van der Waals surface area contributed by atoms with Gasteiger partial charge in [-0.2, -0.15) is 13.2 Å². The maximum absolute atomic E-state index is 13.3. The molecule has 0 spiro atoms. The highest BCUT2D eigenvalue weighted by Crippen LogP contribution is 2.25. The van der Waals surface area contributed by atoms with E-state index in [1.165, 1.54) is 36.3 Å². The predicted molar refractivity (Wildman–Crippen MR) is 82.5 cm³/mol. The van der Waals surface area contributed by atoms with E-state index in [0.29, 0.717) is 18.8 Å². The molecular weight excluding hydrogens is 347 g/mol. The lowest BCUT2D eigenvalue weighted by Crippen LogP contribution is -2.57. The highest BCUT2D eigenvalue weighted by molar-refractivity contribution is 7.89. The van der Waals surface area contributed by atoms with Gasteiger partial charge in [-0.3, -0.25) is 4.90 Å². The molecule has 1 saturated heterocycles. The Balaban J connectivity index is 2.08. The van der Waals surface area contributed by atoms with Gasteiger partial charge in [0, 0.05) is 32.7 Å². The van der Waals surface area contributed by atoms with Crippen LogP contribution in [0.3, 0.4) is 0 Å². The monoisotopic (exact) mass is 367 g/mol. The van der Waals surface area contributed by atoms with Crippen molar-refractivity contribution in [3.8, 4) is 5.75 Å². The molecule has 0 saturated carbocycles. The number of hydrogen-bond donors (Lipinski definition) is 2. The van der Waals surface area contributed by atoms with Gasteiger partial charge in [0.15, 0.2) is 0 Å². The molecule has 2 rings (SSSR count). The fourth-order valence-electron chi connectivity index (χ4n) is 2.47. The summed E-state index contributed by atoms with van der Waals surface area (Å²) in [5.41, 5.74) is 0. The number of sulfonamides is 1. The number of nitrogens with one attached hydrogen (secondary N) is 2. The summed E-state index contributed by atoms with van der Waals surface area (Å²) in [4.78, 5) is 1.14. The lowest BCUT2D eigenvalue weighted by atomic mass is 10.2. The summed E-state index contributed by atoms with van der Waals surface area (Å²) in [6.45, 7) is 0.594. The van der Waals surface area contributed by atoms with Gasteiger partial charge in [0.2, 0.25) is 10.0 Å². The van der Waals surface area contributed by atoms with Crippen LogP contribution < -0.4 is 14.8 Å². The molecule has 0 aromatic heterocycles. The van der Waals surface area contributed by atoms with Crippen LogP contribution in [0.1, 0.15) is 0 Å². The molecule has 1 aromatic carbocycles. The van der Waals surface area contributed by atoms with Gasteiger partial charge in [-0.15, -0.1) is 0 Å². The first-order valence-electron chi connectivity index (χ1n) is 7.39. The van der Waals surface area contributed by atoms with Gasteiger partial charge in [0.1, 0.15) is 11.8 Å². The Morgan fingerprint density at radius 1 is 1.25 bits per heavy atom. The summed E-state index contributed by atoms with van der Waals surface area (Å²) in [6, 6.07) is 3.59. The molecule has 1 fully saturated rings. The van der Waals surface area contributed by atoms with E-state index in [9.17, 15) is 21.6 Å². The molecule has 2 N–H and O–H groups in total. The molecule has 0 radical (unpaired) electrons. The number of ether oxygens (including phenoxy) is 1. The van der Waals surface area contributed by atoms with Crippen molar-refractivity contribution in [1.82, 2.24) is 14.9 Å². The number of alkyl halides is 3. The van der Waals surface area contributed by atoms with Crippen LogP contribution in [0.4, 0.5) is 13.2 Å². The Morgan fingerprint density at radius 2 is 1.83 bits per heavy atom. The Labute approximate surface area is 139 Å². The maximum atomic E-state index is 13.3. The minimum absolute atomic E-state index is 0.107. The van der Waals surface area contributed by atoms with Crippen molar-refractivity contribution in [3.05, 3.63) is 24.3 Å². The summed E-state index contributed by atoms with van der Waals surface area (Å²) < 4.78 is 71.2. The van der Waals surface area contributed by atoms with Crippen LogP contribution in [0, 0.1) is 0 Å². The average Bonchev–Trinajstić information content (AvgIpc) is 2.54. The van der Waals surface area contributed by atoms with Crippen molar-refractivity contribution in [1.29, 1.82) is 0 Å². The number of halogens is 3. The van der Waals surface area contributed by atoms with Gasteiger partial charge < -0.3 is 10.1 Å². The van der Waals surface area contributed by atoms with Crippen LogP contribution in [0.2, 0.25) is 0 Å². The Bertz CT molecular complexity index is 629. The van der Waals surface area contributed by atoms with Gasteiger partial charge >= 0.3 is 6.18 Å². The van der Waals surface area contributed by atoms with Crippen molar-refractivity contribution in [2.24, 2.45) is 0 Å². The van der Waals surface area contributed by atoms with Gasteiger partial charge in [-0.1, -0.05) is 0 Å². The SMILES string of the molecule is COc1ccc(S(=O)(=O)NCC(N2CCNCC2)C(F)(F)F)cc1. The van der Waals surface area contributed by atoms with E-state index in [1.807, 2.05) is 0 Å². The normalized spacial score (nSPS) is 18.3. The molecule has 1 aromatic rings. The predicted octanol–water partition coefficient (Wildman–Crippen LogP) is 0.810. The summed E-state index contributed by atoms with van der Waals surface area (Å²) in [6.07, 6.45) is -4.51. The fraction of sp³-hybridized carbons (Fsp3) is 0.571. The zero-order chi connectivity index (χ0) is 17.8. The Kier molecular flexibility index (Phi) is 6.07. The zero-order valence-corrected chi connectivity index (χ0v) is 14.0. The zero-order valence-electron chi connectivity index (χ0n) is 13.1. The number of rotatable bonds is 6. The maximum Gasteiger partial charge on any atom is 0.405 e. The molecule has 1 aliphatic rings. The van der Waals surface area contributed by atoms with Gasteiger partial charge in [-0.25, -0.2) is 13.1 Å². The molecule has 10 heteroatoms. The van der Waals surface area contributed by atoms with Crippen LogP contribution in [-0.4, -0.2) is 65.4 Å². The third-order valence-corrected chi connectivity index (χ3v) is 5.25. The Morgan fingerprint density at radius 3 is 2.33 bits per heavy atom. The second-order valence-corrected chi connectivity index (χ2v) is 7.14. The lowest BCUT2D eigenvalue weighted by Gasteiger charge is -2.35. The summed E-state index contributed by atoms with van der Waals surface area (Å²) in [5.74, 6) is 0.461. The van der Waals surface area contributed by atoms with Crippen molar-refractivity contribution < 1.29 is 26.3 Å². The first-order chi connectivity index (χ1) is 11.2. The van der Waals surface area contributed by atoms with Gasteiger partial charge in [-0.05, 0) is 24.3 Å². The third kappa shape index (κ3) is 4.82. The van der Waals surface area contributed by atoms with Crippen LogP contribution in [0.15, 0.2) is 29.2 Å². The number of hydrogen-bond acceptors (Lipinski definition) is 5. The second kappa shape index (κ2) is 7.68. The van der Waals surface area contributed by atoms with Crippen LogP contribution in [0.25, 0.3) is 0 Å². The quantitative estimate of drug-likeness (QED) is 0.779. The molecule has 24 heavy (non-hydrogen) atoms. The van der Waals surface area contributed by atoms with Crippen molar-refractivity contribution in [3.63, 3.8) is 0 Å². The van der Waals surface area contributed by atoms with E-state index in [2.05, 4.69) is 10.0 Å². The minimum atomic E-state index is -4.51. The van der Waals surface area contributed by atoms with Crippen molar-refractivity contribution in [2.75, 3.05) is 39.8 Å². The average molecular weight is 367 g/mol. The molecular formula is C14H20F3N3O3S. The standard InChI is InChI=1S/C14H20F3N3O3S/c1-23-11-2-4-12(5-3-11)24(21,22)19-10-13(14(15,16)17)20-8-6-18-7-9-20/h2-5,13,18-19H,6-10H2,1H3. The van der Waals surface area contributed by atoms with E-state index in [4.69, 9.17) is 4.74 Å². The summed E-state index contributed by atoms with van der Waals surface area (Å²) in [5, 5.41) is 2.97. The van der Waals surface area contributed by atoms with Crippen LogP contribution >= 0.6 is 0 Å². The second-order valence-electron chi connectivity index (χ2n) is 5.37. The molecule has 1 unspecified atom stereocenters. The Hall–Kier alpha value is -1.36. The number of piperazine rings is 1. The molecule has 1 atom stereocenters. The number of benzene rings is 1. The summed E-state index contributed by atoms with van der Waals surface area (Å²) >= 11 is 0. The number of methoxy groups -OCH3 is 1. The van der Waals surface area contributed by atoms with E-state index in [0.717, 1.165) is 0 Å². The van der Waals surface area contributed by atoms with Crippen LogP contribution in [-0.2, 0) is 10.0 Å². The van der Waals surface area contributed by atoms with Crippen molar-refractivity contribution >= 4 is 10.0 Å². The topological polar surface area (TPSA) is 70.7 Å². The highest BCUT2D eigenvalue weighted by atomic mass is 32.2. The first-order valence-corrected chi connectivity index (χ1v) is 8.87. The first kappa shape index (κ1) is 19.0. The summed E-state index contributed by atoms with van der Waals surface area (Å²) in [7, 11) is -2.59. The molecule has 0 amide bonds. The molecule has 1 aliphatic heterocycles. The fourth-order valence-corrected chi connectivity index (χ4v) is 3.51. The van der Waals surface area contributed by atoms with Gasteiger partial charge in [0.05, 0.1) is 12.0 Å². The largest absolute Gasteiger partial charge is 0.497 e. The van der Waals surface area contributed by atoms with E-state index in [1.54, 1.807) is 0 Å². The minimum Gasteiger partial charge on any atom is -0.497 e. The molecule has 0 aliphatic carbocycles.